The third-order valence-electron chi connectivity index (χ3n) is 4.66. The number of rotatable bonds is 5. The van der Waals surface area contributed by atoms with E-state index in [0.29, 0.717) is 17.2 Å². The molecule has 29 heavy (non-hydrogen) atoms. The highest BCUT2D eigenvalue weighted by atomic mass is 19.4. The van der Waals surface area contributed by atoms with E-state index in [9.17, 15) is 13.2 Å². The van der Waals surface area contributed by atoms with Crippen LogP contribution in [0.15, 0.2) is 67.1 Å². The monoisotopic (exact) mass is 396 g/mol. The molecule has 0 atom stereocenters. The summed E-state index contributed by atoms with van der Waals surface area (Å²) in [6.07, 6.45) is -0.245. The molecule has 148 valence electrons. The van der Waals surface area contributed by atoms with E-state index in [1.165, 1.54) is 12.4 Å². The van der Waals surface area contributed by atoms with Crippen molar-refractivity contribution in [1.82, 2.24) is 14.5 Å². The van der Waals surface area contributed by atoms with E-state index < -0.39 is 11.7 Å². The second kappa shape index (κ2) is 7.58. The van der Waals surface area contributed by atoms with Crippen molar-refractivity contribution in [1.29, 1.82) is 0 Å². The Morgan fingerprint density at radius 3 is 2.52 bits per heavy atom. The van der Waals surface area contributed by atoms with Crippen molar-refractivity contribution in [3.63, 3.8) is 0 Å². The standard InChI is InChI=1S/C22H19F3N4/c1-2-11-26-20-19-18(15-7-4-3-5-8-15)13-29(21(19)28-14-27-20)17-10-6-9-16(12-17)22(23,24)25/h3-10,12-14H,2,11H2,1H3,(H,26,27,28). The second-order valence-electron chi connectivity index (χ2n) is 6.67. The van der Waals surface area contributed by atoms with Gasteiger partial charge >= 0.3 is 6.18 Å². The number of aromatic nitrogens is 3. The lowest BCUT2D eigenvalue weighted by Crippen LogP contribution is -2.06. The van der Waals surface area contributed by atoms with Crippen LogP contribution in [-0.4, -0.2) is 21.1 Å². The third-order valence-corrected chi connectivity index (χ3v) is 4.66. The molecule has 0 aliphatic carbocycles. The Labute approximate surface area is 166 Å². The molecule has 0 amide bonds. The van der Waals surface area contributed by atoms with Crippen LogP contribution in [0.5, 0.6) is 0 Å². The lowest BCUT2D eigenvalue weighted by atomic mass is 10.1. The molecule has 0 saturated carbocycles. The minimum atomic E-state index is -4.41. The summed E-state index contributed by atoms with van der Waals surface area (Å²) in [4.78, 5) is 8.77. The lowest BCUT2D eigenvalue weighted by Gasteiger charge is -2.10. The van der Waals surface area contributed by atoms with Crippen LogP contribution in [0.4, 0.5) is 19.0 Å². The number of nitrogens with one attached hydrogen (secondary N) is 1. The molecule has 2 heterocycles. The zero-order valence-electron chi connectivity index (χ0n) is 15.7. The summed E-state index contributed by atoms with van der Waals surface area (Å²) in [5.74, 6) is 0.668. The van der Waals surface area contributed by atoms with Gasteiger partial charge in [-0.3, -0.25) is 0 Å². The van der Waals surface area contributed by atoms with Gasteiger partial charge < -0.3 is 9.88 Å². The van der Waals surface area contributed by atoms with Crippen molar-refractivity contribution in [3.8, 4) is 16.8 Å². The number of fused-ring (bicyclic) bond motifs is 1. The summed E-state index contributed by atoms with van der Waals surface area (Å²) < 4.78 is 41.4. The number of hydrogen-bond donors (Lipinski definition) is 1. The molecular formula is C22H19F3N4. The first-order valence-corrected chi connectivity index (χ1v) is 9.32. The van der Waals surface area contributed by atoms with Crippen LogP contribution in [0.2, 0.25) is 0 Å². The number of hydrogen-bond acceptors (Lipinski definition) is 3. The zero-order valence-corrected chi connectivity index (χ0v) is 15.7. The second-order valence-corrected chi connectivity index (χ2v) is 6.67. The van der Waals surface area contributed by atoms with Gasteiger partial charge in [-0.1, -0.05) is 43.3 Å². The van der Waals surface area contributed by atoms with Gasteiger partial charge in [-0.2, -0.15) is 13.2 Å². The number of halogens is 3. The molecule has 7 heteroatoms. The Hall–Kier alpha value is -3.35. The first-order valence-electron chi connectivity index (χ1n) is 9.32. The summed E-state index contributed by atoms with van der Waals surface area (Å²) in [5, 5.41) is 4.09. The molecular weight excluding hydrogens is 377 g/mol. The summed E-state index contributed by atoms with van der Waals surface area (Å²) in [6.45, 7) is 2.78. The fourth-order valence-electron chi connectivity index (χ4n) is 3.30. The van der Waals surface area contributed by atoms with Crippen molar-refractivity contribution in [3.05, 3.63) is 72.7 Å². The number of benzene rings is 2. The van der Waals surface area contributed by atoms with E-state index in [-0.39, 0.29) is 0 Å². The first-order chi connectivity index (χ1) is 14.0. The Balaban J connectivity index is 1.97. The Bertz CT molecular complexity index is 1130. The first kappa shape index (κ1) is 19.0. The number of anilines is 1. The maximum atomic E-state index is 13.2. The fourth-order valence-corrected chi connectivity index (χ4v) is 3.30. The summed E-state index contributed by atoms with van der Waals surface area (Å²) >= 11 is 0. The van der Waals surface area contributed by atoms with Crippen molar-refractivity contribution in [2.24, 2.45) is 0 Å². The normalized spacial score (nSPS) is 11.7. The van der Waals surface area contributed by atoms with Crippen LogP contribution in [0.3, 0.4) is 0 Å². The van der Waals surface area contributed by atoms with Crippen LogP contribution >= 0.6 is 0 Å². The molecule has 0 saturated heterocycles. The van der Waals surface area contributed by atoms with Crippen molar-refractivity contribution in [2.75, 3.05) is 11.9 Å². The van der Waals surface area contributed by atoms with Gasteiger partial charge in [-0.15, -0.1) is 0 Å². The highest BCUT2D eigenvalue weighted by molar-refractivity contribution is 6.02. The highest BCUT2D eigenvalue weighted by Crippen LogP contribution is 2.36. The summed E-state index contributed by atoms with van der Waals surface area (Å²) in [6, 6.07) is 14.9. The lowest BCUT2D eigenvalue weighted by molar-refractivity contribution is -0.137. The molecule has 4 aromatic rings. The molecule has 4 nitrogen and oxygen atoms in total. The number of alkyl halides is 3. The van der Waals surface area contributed by atoms with Gasteiger partial charge in [-0.05, 0) is 30.2 Å². The topological polar surface area (TPSA) is 42.7 Å². The van der Waals surface area contributed by atoms with Gasteiger partial charge in [0.05, 0.1) is 10.9 Å². The van der Waals surface area contributed by atoms with E-state index >= 15 is 0 Å². The van der Waals surface area contributed by atoms with E-state index in [1.807, 2.05) is 36.5 Å². The largest absolute Gasteiger partial charge is 0.416 e. The molecule has 0 radical (unpaired) electrons. The summed E-state index contributed by atoms with van der Waals surface area (Å²) in [5.41, 5.74) is 2.05. The minimum absolute atomic E-state index is 0.396. The molecule has 0 unspecified atom stereocenters. The molecule has 2 aromatic heterocycles. The predicted octanol–water partition coefficient (Wildman–Crippen LogP) is 5.93. The highest BCUT2D eigenvalue weighted by Gasteiger charge is 2.30. The molecule has 4 rings (SSSR count). The van der Waals surface area contributed by atoms with Crippen LogP contribution in [0, 0.1) is 0 Å². The van der Waals surface area contributed by atoms with Gasteiger partial charge in [0.15, 0.2) is 5.65 Å². The molecule has 0 fully saturated rings. The molecule has 0 spiro atoms. The average molecular weight is 396 g/mol. The predicted molar refractivity (Wildman–Crippen MR) is 108 cm³/mol. The SMILES string of the molecule is CCCNc1ncnc2c1c(-c1ccccc1)cn2-c1cccc(C(F)(F)F)c1. The Morgan fingerprint density at radius 1 is 1.00 bits per heavy atom. The van der Waals surface area contributed by atoms with Gasteiger partial charge in [0.2, 0.25) is 0 Å². The minimum Gasteiger partial charge on any atom is -0.369 e. The maximum absolute atomic E-state index is 13.2. The molecule has 0 aliphatic rings. The third kappa shape index (κ3) is 3.68. The fraction of sp³-hybridized carbons (Fsp3) is 0.182. The van der Waals surface area contributed by atoms with Crippen LogP contribution in [0.1, 0.15) is 18.9 Å². The smallest absolute Gasteiger partial charge is 0.369 e. The van der Waals surface area contributed by atoms with E-state index in [4.69, 9.17) is 0 Å². The van der Waals surface area contributed by atoms with E-state index in [1.54, 1.807) is 10.6 Å². The van der Waals surface area contributed by atoms with Gasteiger partial charge in [-0.25, -0.2) is 9.97 Å². The number of nitrogens with zero attached hydrogens (tertiary/aromatic N) is 3. The molecule has 0 bridgehead atoms. The van der Waals surface area contributed by atoms with Crippen LogP contribution in [-0.2, 0) is 6.18 Å². The van der Waals surface area contributed by atoms with Crippen molar-refractivity contribution in [2.45, 2.75) is 19.5 Å². The van der Waals surface area contributed by atoms with Gasteiger partial charge in [0.1, 0.15) is 12.1 Å². The van der Waals surface area contributed by atoms with Gasteiger partial charge in [0, 0.05) is 24.0 Å². The molecule has 1 N–H and O–H groups in total. The molecule has 2 aromatic carbocycles. The van der Waals surface area contributed by atoms with E-state index in [0.717, 1.165) is 41.6 Å². The van der Waals surface area contributed by atoms with Gasteiger partial charge in [0.25, 0.3) is 0 Å². The van der Waals surface area contributed by atoms with Crippen LogP contribution < -0.4 is 5.32 Å². The molecule has 0 aliphatic heterocycles. The van der Waals surface area contributed by atoms with Crippen molar-refractivity contribution >= 4 is 16.9 Å². The Morgan fingerprint density at radius 2 is 1.79 bits per heavy atom. The Kier molecular flexibility index (Phi) is 4.96. The van der Waals surface area contributed by atoms with Crippen molar-refractivity contribution < 1.29 is 13.2 Å². The van der Waals surface area contributed by atoms with Crippen LogP contribution in [0.25, 0.3) is 27.8 Å². The quantitative estimate of drug-likeness (QED) is 0.455. The summed E-state index contributed by atoms with van der Waals surface area (Å²) in [7, 11) is 0. The van der Waals surface area contributed by atoms with E-state index in [2.05, 4.69) is 22.2 Å². The average Bonchev–Trinajstić information content (AvgIpc) is 3.13. The zero-order chi connectivity index (χ0) is 20.4. The maximum Gasteiger partial charge on any atom is 0.416 e.